The Bertz CT molecular complexity index is 594. The van der Waals surface area contributed by atoms with Gasteiger partial charge in [-0.2, -0.15) is 17.0 Å². The number of para-hydroxylation sites is 1. The largest absolute Gasteiger partial charge is 0.489 e. The Labute approximate surface area is 131 Å². The highest BCUT2D eigenvalue weighted by Crippen LogP contribution is 2.20. The molecule has 1 aromatic rings. The third-order valence-corrected chi connectivity index (χ3v) is 5.79. The minimum absolute atomic E-state index is 0.111. The first-order valence-electron chi connectivity index (χ1n) is 7.50. The minimum Gasteiger partial charge on any atom is -0.489 e. The molecule has 0 spiro atoms. The Morgan fingerprint density at radius 2 is 2.14 bits per heavy atom. The Kier molecular flexibility index (Phi) is 5.77. The molecular weight excluding hydrogens is 307 g/mol. The van der Waals surface area contributed by atoms with Crippen LogP contribution in [-0.2, 0) is 10.2 Å². The third kappa shape index (κ3) is 4.18. The van der Waals surface area contributed by atoms with Gasteiger partial charge in [0.15, 0.2) is 11.6 Å². The zero-order valence-corrected chi connectivity index (χ0v) is 13.9. The van der Waals surface area contributed by atoms with Gasteiger partial charge in [0.1, 0.15) is 6.61 Å². The number of nitrogens with zero attached hydrogens (tertiary/aromatic N) is 2. The van der Waals surface area contributed by atoms with Crippen LogP contribution in [0.3, 0.4) is 0 Å². The van der Waals surface area contributed by atoms with Gasteiger partial charge in [0.25, 0.3) is 10.2 Å². The number of rotatable bonds is 6. The van der Waals surface area contributed by atoms with Gasteiger partial charge in [0.05, 0.1) is 0 Å². The number of halogens is 1. The topological polar surface area (TPSA) is 49.9 Å². The molecule has 1 fully saturated rings. The first-order valence-corrected chi connectivity index (χ1v) is 8.89. The lowest BCUT2D eigenvalue weighted by atomic mass is 10.0. The third-order valence-electron chi connectivity index (χ3n) is 3.84. The second kappa shape index (κ2) is 7.39. The molecule has 0 aromatic heterocycles. The van der Waals surface area contributed by atoms with Crippen LogP contribution in [0.2, 0.25) is 0 Å². The molecular formula is C15H23FN2O3S. The zero-order valence-electron chi connectivity index (χ0n) is 13.0. The van der Waals surface area contributed by atoms with Crippen molar-refractivity contribution in [3.63, 3.8) is 0 Å². The van der Waals surface area contributed by atoms with Gasteiger partial charge in [-0.15, -0.1) is 0 Å². The molecule has 0 N–H and O–H groups in total. The van der Waals surface area contributed by atoms with Crippen molar-refractivity contribution in [2.45, 2.75) is 19.8 Å². The van der Waals surface area contributed by atoms with Gasteiger partial charge in [-0.3, -0.25) is 0 Å². The predicted octanol–water partition coefficient (Wildman–Crippen LogP) is 2.11. The number of ether oxygens (including phenoxy) is 1. The molecule has 1 aliphatic heterocycles. The van der Waals surface area contributed by atoms with Crippen molar-refractivity contribution in [2.75, 3.05) is 33.3 Å². The van der Waals surface area contributed by atoms with E-state index in [2.05, 4.69) is 6.92 Å². The van der Waals surface area contributed by atoms with Gasteiger partial charge in [0.2, 0.25) is 0 Å². The van der Waals surface area contributed by atoms with E-state index < -0.39 is 16.0 Å². The van der Waals surface area contributed by atoms with Gasteiger partial charge < -0.3 is 4.74 Å². The van der Waals surface area contributed by atoms with Crippen LogP contribution < -0.4 is 4.74 Å². The Morgan fingerprint density at radius 1 is 1.41 bits per heavy atom. The predicted molar refractivity (Wildman–Crippen MR) is 83.4 cm³/mol. The van der Waals surface area contributed by atoms with Crippen LogP contribution in [0.1, 0.15) is 19.8 Å². The van der Waals surface area contributed by atoms with Crippen molar-refractivity contribution < 1.29 is 17.5 Å². The molecule has 0 bridgehead atoms. The molecule has 5 nitrogen and oxygen atoms in total. The van der Waals surface area contributed by atoms with E-state index in [1.807, 2.05) is 0 Å². The molecule has 0 saturated carbocycles. The lowest BCUT2D eigenvalue weighted by Crippen LogP contribution is -2.47. The molecule has 124 valence electrons. The number of likely N-dealkylation sites (N-methyl/N-ethyl adjacent to an activating group) is 1. The maximum atomic E-state index is 13.4. The molecule has 1 aromatic carbocycles. The van der Waals surface area contributed by atoms with Crippen LogP contribution in [0, 0.1) is 11.7 Å². The van der Waals surface area contributed by atoms with Gasteiger partial charge in [-0.1, -0.05) is 19.1 Å². The molecule has 1 saturated heterocycles. The second-order valence-electron chi connectivity index (χ2n) is 5.71. The maximum Gasteiger partial charge on any atom is 0.281 e. The highest BCUT2D eigenvalue weighted by atomic mass is 32.2. The van der Waals surface area contributed by atoms with E-state index in [9.17, 15) is 12.8 Å². The summed E-state index contributed by atoms with van der Waals surface area (Å²) in [7, 11) is -1.94. The van der Waals surface area contributed by atoms with Crippen LogP contribution >= 0.6 is 0 Å². The van der Waals surface area contributed by atoms with E-state index in [4.69, 9.17) is 4.74 Å². The summed E-state index contributed by atoms with van der Waals surface area (Å²) < 4.78 is 46.4. The van der Waals surface area contributed by atoms with Crippen LogP contribution in [0.25, 0.3) is 0 Å². The average molecular weight is 330 g/mol. The van der Waals surface area contributed by atoms with E-state index in [0.717, 1.165) is 12.8 Å². The number of hydrogen-bond donors (Lipinski definition) is 0. The lowest BCUT2D eigenvalue weighted by molar-refractivity contribution is 0.244. The summed E-state index contributed by atoms with van der Waals surface area (Å²) in [5.74, 6) is 0.0735. The normalized spacial score (nSPS) is 20.3. The Morgan fingerprint density at radius 3 is 2.82 bits per heavy atom. The molecule has 0 amide bonds. The smallest absolute Gasteiger partial charge is 0.281 e. The van der Waals surface area contributed by atoms with Crippen LogP contribution in [0.15, 0.2) is 24.3 Å². The van der Waals surface area contributed by atoms with Gasteiger partial charge in [0, 0.05) is 26.7 Å². The minimum atomic E-state index is -3.47. The fraction of sp³-hybridized carbons (Fsp3) is 0.600. The van der Waals surface area contributed by atoms with Gasteiger partial charge >= 0.3 is 0 Å². The number of piperidine rings is 1. The summed E-state index contributed by atoms with van der Waals surface area (Å²) in [4.78, 5) is 0. The lowest BCUT2D eigenvalue weighted by Gasteiger charge is -2.33. The molecule has 1 unspecified atom stereocenters. The molecule has 2 rings (SSSR count). The van der Waals surface area contributed by atoms with Crippen molar-refractivity contribution in [3.8, 4) is 5.75 Å². The summed E-state index contributed by atoms with van der Waals surface area (Å²) in [6, 6.07) is 6.09. The van der Waals surface area contributed by atoms with Crippen molar-refractivity contribution in [1.82, 2.24) is 8.61 Å². The number of benzene rings is 1. The number of hydrogen-bond acceptors (Lipinski definition) is 3. The molecule has 0 aliphatic carbocycles. The first kappa shape index (κ1) is 17.2. The quantitative estimate of drug-likeness (QED) is 0.803. The van der Waals surface area contributed by atoms with Gasteiger partial charge in [-0.25, -0.2) is 4.39 Å². The van der Waals surface area contributed by atoms with Crippen molar-refractivity contribution in [3.05, 3.63) is 30.1 Å². The molecule has 7 heteroatoms. The van der Waals surface area contributed by atoms with Crippen LogP contribution in [0.5, 0.6) is 5.75 Å². The Hall–Kier alpha value is -1.18. The van der Waals surface area contributed by atoms with Crippen molar-refractivity contribution in [2.24, 2.45) is 5.92 Å². The molecule has 1 atom stereocenters. The molecule has 1 aliphatic rings. The molecule has 0 radical (unpaired) electrons. The van der Waals surface area contributed by atoms with Crippen LogP contribution in [-0.4, -0.2) is 50.3 Å². The van der Waals surface area contributed by atoms with Gasteiger partial charge in [-0.05, 0) is 30.9 Å². The summed E-state index contributed by atoms with van der Waals surface area (Å²) in [5, 5.41) is 0. The summed E-state index contributed by atoms with van der Waals surface area (Å²) >= 11 is 0. The maximum absolute atomic E-state index is 13.4. The zero-order chi connectivity index (χ0) is 16.2. The van der Waals surface area contributed by atoms with E-state index in [0.29, 0.717) is 19.0 Å². The summed E-state index contributed by atoms with van der Waals surface area (Å²) in [6.45, 7) is 3.47. The van der Waals surface area contributed by atoms with Crippen molar-refractivity contribution in [1.29, 1.82) is 0 Å². The Balaban J connectivity index is 1.88. The van der Waals surface area contributed by atoms with Crippen molar-refractivity contribution >= 4 is 10.2 Å². The van der Waals surface area contributed by atoms with E-state index in [-0.39, 0.29) is 18.9 Å². The second-order valence-corrected chi connectivity index (χ2v) is 7.75. The monoisotopic (exact) mass is 330 g/mol. The summed E-state index contributed by atoms with van der Waals surface area (Å²) in [6.07, 6.45) is 1.95. The van der Waals surface area contributed by atoms with E-state index in [1.54, 1.807) is 12.1 Å². The summed E-state index contributed by atoms with van der Waals surface area (Å²) in [5.41, 5.74) is 0. The average Bonchev–Trinajstić information content (AvgIpc) is 2.49. The SMILES string of the molecule is CC1CCCN(S(=O)(=O)N(C)CCOc2ccccc2F)C1. The molecule has 1 heterocycles. The van der Waals surface area contributed by atoms with E-state index in [1.165, 1.54) is 27.8 Å². The highest BCUT2D eigenvalue weighted by Gasteiger charge is 2.30. The standard InChI is InChI=1S/C15H23FN2O3S/c1-13-6-5-9-18(12-13)22(19,20)17(2)10-11-21-15-8-4-3-7-14(15)16/h3-4,7-8,13H,5-6,9-12H2,1-2H3. The fourth-order valence-electron chi connectivity index (χ4n) is 2.51. The highest BCUT2D eigenvalue weighted by molar-refractivity contribution is 7.86. The van der Waals surface area contributed by atoms with E-state index >= 15 is 0 Å². The fourth-order valence-corrected chi connectivity index (χ4v) is 4.02. The first-order chi connectivity index (χ1) is 10.4. The van der Waals surface area contributed by atoms with Crippen LogP contribution in [0.4, 0.5) is 4.39 Å². The molecule has 22 heavy (non-hydrogen) atoms.